The van der Waals surface area contributed by atoms with Gasteiger partial charge in [0.15, 0.2) is 27.8 Å². The highest BCUT2D eigenvalue weighted by molar-refractivity contribution is 7.17. The lowest BCUT2D eigenvalue weighted by Gasteiger charge is -2.19. The molecule has 3 heterocycles. The van der Waals surface area contributed by atoms with Gasteiger partial charge in [0.1, 0.15) is 13.2 Å². The second-order valence-electron chi connectivity index (χ2n) is 5.60. The van der Waals surface area contributed by atoms with Crippen LogP contribution in [-0.2, 0) is 6.18 Å². The van der Waals surface area contributed by atoms with Gasteiger partial charge < -0.3 is 14.6 Å². The zero-order chi connectivity index (χ0) is 18.6. The van der Waals surface area contributed by atoms with Crippen molar-refractivity contribution in [2.45, 2.75) is 13.1 Å². The van der Waals surface area contributed by atoms with Gasteiger partial charge in [-0.2, -0.15) is 13.2 Å². The van der Waals surface area contributed by atoms with Crippen molar-refractivity contribution in [3.8, 4) is 22.8 Å². The number of halogens is 3. The summed E-state index contributed by atoms with van der Waals surface area (Å²) < 4.78 is 51.6. The molecule has 1 aliphatic heterocycles. The van der Waals surface area contributed by atoms with E-state index in [2.05, 4.69) is 4.98 Å². The Hall–Kier alpha value is -2.75. The molecule has 26 heavy (non-hydrogen) atoms. The number of thiazole rings is 1. The quantitative estimate of drug-likeness (QED) is 0.726. The number of carboxylic acid groups (broad SMARTS) is 1. The Morgan fingerprint density at radius 2 is 1.96 bits per heavy atom. The molecule has 0 unspecified atom stereocenters. The van der Waals surface area contributed by atoms with Crippen LogP contribution >= 0.6 is 11.3 Å². The Balaban J connectivity index is 2.00. The van der Waals surface area contributed by atoms with Gasteiger partial charge in [0.05, 0.1) is 5.69 Å². The third-order valence-corrected chi connectivity index (χ3v) is 4.89. The minimum absolute atomic E-state index is 0.0304. The van der Waals surface area contributed by atoms with Gasteiger partial charge in [-0.05, 0) is 25.1 Å². The Morgan fingerprint density at radius 1 is 1.27 bits per heavy atom. The number of aromatic carboxylic acids is 1. The number of hydrogen-bond acceptors (Lipinski definition) is 5. The van der Waals surface area contributed by atoms with E-state index >= 15 is 0 Å². The van der Waals surface area contributed by atoms with Crippen LogP contribution in [0.3, 0.4) is 0 Å². The van der Waals surface area contributed by atoms with Crippen LogP contribution in [0.15, 0.2) is 18.2 Å². The summed E-state index contributed by atoms with van der Waals surface area (Å²) in [7, 11) is 0. The number of aryl methyl sites for hydroxylation is 1. The van der Waals surface area contributed by atoms with Crippen molar-refractivity contribution in [3.63, 3.8) is 0 Å². The zero-order valence-electron chi connectivity index (χ0n) is 13.3. The minimum atomic E-state index is -4.86. The minimum Gasteiger partial charge on any atom is -0.486 e. The van der Waals surface area contributed by atoms with Crippen LogP contribution < -0.4 is 9.47 Å². The predicted octanol–water partition coefficient (Wildman–Crippen LogP) is 3.86. The number of aromatic nitrogens is 2. The van der Waals surface area contributed by atoms with Crippen LogP contribution in [0, 0.1) is 6.92 Å². The monoisotopic (exact) mass is 384 g/mol. The first-order valence-electron chi connectivity index (χ1n) is 7.49. The molecule has 0 atom stereocenters. The highest BCUT2D eigenvalue weighted by atomic mass is 32.1. The molecule has 0 amide bonds. The molecular weight excluding hydrogens is 373 g/mol. The maximum Gasteiger partial charge on any atom is 0.435 e. The Labute approximate surface area is 148 Å². The van der Waals surface area contributed by atoms with E-state index in [-0.39, 0.29) is 4.96 Å². The Kier molecular flexibility index (Phi) is 3.62. The molecule has 2 aromatic heterocycles. The highest BCUT2D eigenvalue weighted by Crippen LogP contribution is 2.41. The third kappa shape index (κ3) is 2.48. The van der Waals surface area contributed by atoms with E-state index in [1.165, 1.54) is 0 Å². The molecule has 3 aromatic rings. The standard InChI is InChI=1S/C16H11F3N2O4S/c1-7-11(8-2-3-9-10(6-8)25-5-4-24-9)21-12(14(22)23)13(16(17,18)19)20-15(21)26-7/h2-3,6H,4-5H2,1H3,(H,22,23). The molecule has 0 saturated carbocycles. The largest absolute Gasteiger partial charge is 0.486 e. The van der Waals surface area contributed by atoms with Gasteiger partial charge in [0, 0.05) is 10.4 Å². The first kappa shape index (κ1) is 16.7. The lowest BCUT2D eigenvalue weighted by molar-refractivity contribution is -0.141. The summed E-state index contributed by atoms with van der Waals surface area (Å²) in [6, 6.07) is 4.93. The van der Waals surface area contributed by atoms with Gasteiger partial charge in [0.2, 0.25) is 0 Å². The molecule has 0 spiro atoms. The fraction of sp³-hybridized carbons (Fsp3) is 0.250. The van der Waals surface area contributed by atoms with E-state index in [9.17, 15) is 23.1 Å². The van der Waals surface area contributed by atoms with Crippen molar-refractivity contribution in [2.24, 2.45) is 0 Å². The number of benzene rings is 1. The molecular formula is C16H11F3N2O4S. The average molecular weight is 384 g/mol. The van der Waals surface area contributed by atoms with Gasteiger partial charge in [-0.1, -0.05) is 0 Å². The van der Waals surface area contributed by atoms with Crippen molar-refractivity contribution in [3.05, 3.63) is 34.5 Å². The van der Waals surface area contributed by atoms with E-state index in [1.54, 1.807) is 25.1 Å². The molecule has 0 fully saturated rings. The summed E-state index contributed by atoms with van der Waals surface area (Å²) in [4.78, 5) is 15.7. The van der Waals surface area contributed by atoms with Crippen LogP contribution in [0.1, 0.15) is 21.1 Å². The summed E-state index contributed by atoms with van der Waals surface area (Å²) >= 11 is 0.996. The second-order valence-corrected chi connectivity index (χ2v) is 6.78. The molecule has 10 heteroatoms. The van der Waals surface area contributed by atoms with Crippen LogP contribution in [-0.4, -0.2) is 33.7 Å². The van der Waals surface area contributed by atoms with Crippen LogP contribution in [0.5, 0.6) is 11.5 Å². The summed E-state index contributed by atoms with van der Waals surface area (Å²) in [6.45, 7) is 2.47. The lowest BCUT2D eigenvalue weighted by atomic mass is 10.1. The number of alkyl halides is 3. The molecule has 0 saturated heterocycles. The number of hydrogen-bond donors (Lipinski definition) is 1. The summed E-state index contributed by atoms with van der Waals surface area (Å²) in [5.74, 6) is -0.703. The number of imidazole rings is 1. The molecule has 0 aliphatic carbocycles. The fourth-order valence-electron chi connectivity index (χ4n) is 2.94. The number of carboxylic acids is 1. The molecule has 1 N–H and O–H groups in total. The molecule has 0 radical (unpaired) electrons. The van der Waals surface area contributed by atoms with E-state index in [4.69, 9.17) is 9.47 Å². The SMILES string of the molecule is Cc1sc2nc(C(F)(F)F)c(C(=O)O)n2c1-c1ccc2c(c1)OCCO2. The number of carbonyl (C=O) groups is 1. The van der Waals surface area contributed by atoms with E-state index in [1.807, 2.05) is 0 Å². The number of rotatable bonds is 2. The lowest BCUT2D eigenvalue weighted by Crippen LogP contribution is -2.15. The number of fused-ring (bicyclic) bond motifs is 2. The van der Waals surface area contributed by atoms with Gasteiger partial charge in [-0.25, -0.2) is 9.78 Å². The van der Waals surface area contributed by atoms with E-state index in [0.29, 0.717) is 40.8 Å². The Bertz CT molecular complexity index is 1040. The maximum absolute atomic E-state index is 13.2. The van der Waals surface area contributed by atoms with Crippen LogP contribution in [0.25, 0.3) is 16.2 Å². The molecule has 136 valence electrons. The summed E-state index contributed by atoms with van der Waals surface area (Å²) in [6.07, 6.45) is -4.86. The van der Waals surface area contributed by atoms with Crippen molar-refractivity contribution in [1.82, 2.24) is 9.38 Å². The van der Waals surface area contributed by atoms with Gasteiger partial charge in [0.25, 0.3) is 0 Å². The summed E-state index contributed by atoms with van der Waals surface area (Å²) in [5, 5.41) is 9.39. The van der Waals surface area contributed by atoms with E-state index < -0.39 is 23.5 Å². The van der Waals surface area contributed by atoms with Crippen molar-refractivity contribution < 1.29 is 32.5 Å². The van der Waals surface area contributed by atoms with Crippen LogP contribution in [0.2, 0.25) is 0 Å². The Morgan fingerprint density at radius 3 is 2.62 bits per heavy atom. The average Bonchev–Trinajstić information content (AvgIpc) is 3.08. The number of ether oxygens (including phenoxy) is 2. The van der Waals surface area contributed by atoms with Gasteiger partial charge in [-0.15, -0.1) is 11.3 Å². The number of nitrogens with zero attached hydrogens (tertiary/aromatic N) is 2. The second kappa shape index (κ2) is 5.63. The smallest absolute Gasteiger partial charge is 0.435 e. The highest BCUT2D eigenvalue weighted by Gasteiger charge is 2.41. The summed E-state index contributed by atoms with van der Waals surface area (Å²) in [5.41, 5.74) is -1.45. The molecule has 4 rings (SSSR count). The normalized spacial score (nSPS) is 14.0. The van der Waals surface area contributed by atoms with Gasteiger partial charge >= 0.3 is 12.1 Å². The molecule has 1 aliphatic rings. The maximum atomic E-state index is 13.2. The first-order chi connectivity index (χ1) is 12.3. The van der Waals surface area contributed by atoms with Crippen molar-refractivity contribution in [1.29, 1.82) is 0 Å². The topological polar surface area (TPSA) is 73.1 Å². The van der Waals surface area contributed by atoms with Crippen LogP contribution in [0.4, 0.5) is 13.2 Å². The van der Waals surface area contributed by atoms with Crippen molar-refractivity contribution in [2.75, 3.05) is 13.2 Å². The molecule has 6 nitrogen and oxygen atoms in total. The zero-order valence-corrected chi connectivity index (χ0v) is 14.1. The van der Waals surface area contributed by atoms with Crippen molar-refractivity contribution >= 4 is 22.3 Å². The fourth-order valence-corrected chi connectivity index (χ4v) is 3.93. The first-order valence-corrected chi connectivity index (χ1v) is 8.31. The third-order valence-electron chi connectivity index (χ3n) is 3.93. The molecule has 1 aromatic carbocycles. The van der Waals surface area contributed by atoms with E-state index in [0.717, 1.165) is 15.7 Å². The molecule has 0 bridgehead atoms. The predicted molar refractivity (Wildman–Crippen MR) is 86.2 cm³/mol. The van der Waals surface area contributed by atoms with Gasteiger partial charge in [-0.3, -0.25) is 4.40 Å².